The Kier molecular flexibility index (Phi) is 5.92. The van der Waals surface area contributed by atoms with Gasteiger partial charge in [-0.1, -0.05) is 0 Å². The van der Waals surface area contributed by atoms with Crippen LogP contribution in [0.25, 0.3) is 10.0 Å². The molecule has 5 N–H and O–H groups in total. The standard InChI is InChI=1S/C20H20N2O5Se/c1-2-3-4-14-18(11-5-7-13(23)8-6-11)28-20(21-14)22-19(27)12-9-15(24)17(26)16(25)10-12/h5-10,23-26H,2-4H2,1H3,(H,21,22,27). The van der Waals surface area contributed by atoms with E-state index >= 15 is 0 Å². The molecule has 0 atom stereocenters. The Labute approximate surface area is 167 Å². The van der Waals surface area contributed by atoms with Gasteiger partial charge in [0.25, 0.3) is 0 Å². The van der Waals surface area contributed by atoms with Crippen molar-refractivity contribution >= 4 is 25.1 Å². The number of rotatable bonds is 6. The van der Waals surface area contributed by atoms with E-state index in [1.165, 1.54) is 0 Å². The number of nitrogens with zero attached hydrogens (tertiary/aromatic N) is 1. The zero-order valence-corrected chi connectivity index (χ0v) is 16.9. The van der Waals surface area contributed by atoms with Crippen LogP contribution in [-0.2, 0) is 6.42 Å². The molecular weight excluding hydrogens is 427 g/mol. The minimum absolute atomic E-state index is 0.0134. The Morgan fingerprint density at radius 3 is 2.32 bits per heavy atom. The van der Waals surface area contributed by atoms with Gasteiger partial charge in [0.1, 0.15) is 0 Å². The van der Waals surface area contributed by atoms with Crippen LogP contribution >= 0.6 is 0 Å². The van der Waals surface area contributed by atoms with E-state index in [9.17, 15) is 25.2 Å². The van der Waals surface area contributed by atoms with Crippen molar-refractivity contribution in [3.63, 3.8) is 0 Å². The van der Waals surface area contributed by atoms with Crippen LogP contribution in [0.15, 0.2) is 36.4 Å². The molecule has 7 nitrogen and oxygen atoms in total. The number of unbranched alkanes of at least 4 members (excludes halogenated alkanes) is 1. The van der Waals surface area contributed by atoms with Gasteiger partial charge in [-0.3, -0.25) is 0 Å². The molecule has 0 aliphatic heterocycles. The number of nitrogens with one attached hydrogen (secondary N) is 1. The zero-order valence-electron chi connectivity index (χ0n) is 15.1. The first kappa shape index (κ1) is 19.8. The number of amides is 1. The number of phenols is 4. The van der Waals surface area contributed by atoms with E-state index in [-0.39, 0.29) is 25.8 Å². The number of phenolic OH excluding ortho intramolecular Hbond substituents is 4. The summed E-state index contributed by atoms with van der Waals surface area (Å²) in [5.74, 6) is -2.16. The topological polar surface area (TPSA) is 123 Å². The van der Waals surface area contributed by atoms with Gasteiger partial charge < -0.3 is 0 Å². The van der Waals surface area contributed by atoms with Crippen molar-refractivity contribution in [1.82, 2.24) is 4.98 Å². The maximum absolute atomic E-state index is 12.5. The van der Waals surface area contributed by atoms with Crippen molar-refractivity contribution in [2.24, 2.45) is 0 Å². The fraction of sp³-hybridized carbons (Fsp3) is 0.200. The number of aryl methyl sites for hydroxylation is 1. The molecule has 8 heteroatoms. The molecule has 0 saturated heterocycles. The van der Waals surface area contributed by atoms with Gasteiger partial charge in [-0.25, -0.2) is 0 Å². The van der Waals surface area contributed by atoms with Gasteiger partial charge in [0.2, 0.25) is 0 Å². The second kappa shape index (κ2) is 8.37. The first-order valence-corrected chi connectivity index (χ1v) is 10.5. The second-order valence-electron chi connectivity index (χ2n) is 6.26. The minimum atomic E-state index is -0.669. The Morgan fingerprint density at radius 1 is 1.07 bits per heavy atom. The summed E-state index contributed by atoms with van der Waals surface area (Å²) in [6.07, 6.45) is 2.77. The van der Waals surface area contributed by atoms with E-state index in [2.05, 4.69) is 17.2 Å². The average molecular weight is 447 g/mol. The Morgan fingerprint density at radius 2 is 1.71 bits per heavy atom. The fourth-order valence-corrected chi connectivity index (χ4v) is 4.79. The van der Waals surface area contributed by atoms with Crippen LogP contribution in [0.1, 0.15) is 35.8 Å². The predicted octanol–water partition coefficient (Wildman–Crippen LogP) is 3.22. The van der Waals surface area contributed by atoms with Crippen LogP contribution in [0, 0.1) is 0 Å². The molecule has 1 aromatic heterocycles. The number of hydrogen-bond donors (Lipinski definition) is 5. The quantitative estimate of drug-likeness (QED) is 0.292. The van der Waals surface area contributed by atoms with Gasteiger partial charge in [-0.15, -0.1) is 0 Å². The molecule has 28 heavy (non-hydrogen) atoms. The first-order chi connectivity index (χ1) is 13.4. The number of benzene rings is 2. The molecular formula is C20H20N2O5Se. The van der Waals surface area contributed by atoms with Crippen molar-refractivity contribution in [3.8, 4) is 33.0 Å². The third kappa shape index (κ3) is 4.30. The Balaban J connectivity index is 1.89. The number of carbonyl (C=O) groups excluding carboxylic acids is 1. The summed E-state index contributed by atoms with van der Waals surface area (Å²) in [6, 6.07) is 9.06. The van der Waals surface area contributed by atoms with Crippen LogP contribution in [-0.4, -0.2) is 45.8 Å². The molecule has 0 radical (unpaired) electrons. The van der Waals surface area contributed by atoms with Gasteiger partial charge in [0, 0.05) is 0 Å². The molecule has 0 spiro atoms. The maximum atomic E-state index is 12.5. The predicted molar refractivity (Wildman–Crippen MR) is 106 cm³/mol. The molecule has 0 saturated carbocycles. The summed E-state index contributed by atoms with van der Waals surface area (Å²) in [5.41, 5.74) is 1.88. The normalized spacial score (nSPS) is 10.8. The summed E-state index contributed by atoms with van der Waals surface area (Å²) in [7, 11) is 0. The monoisotopic (exact) mass is 448 g/mol. The molecule has 3 rings (SSSR count). The number of carbonyl (C=O) groups is 1. The zero-order chi connectivity index (χ0) is 20.3. The van der Waals surface area contributed by atoms with E-state index in [1.807, 2.05) is 12.1 Å². The van der Waals surface area contributed by atoms with Gasteiger partial charge >= 0.3 is 167 Å². The van der Waals surface area contributed by atoms with Crippen LogP contribution in [0.4, 0.5) is 4.69 Å². The molecule has 0 aliphatic carbocycles. The number of aromatic hydroxyl groups is 4. The van der Waals surface area contributed by atoms with Gasteiger partial charge in [-0.05, 0) is 0 Å². The molecule has 0 bridgehead atoms. The Hall–Kier alpha value is -2.96. The Bertz CT molecular complexity index is 975. The third-order valence-electron chi connectivity index (χ3n) is 4.15. The van der Waals surface area contributed by atoms with Crippen LogP contribution in [0.5, 0.6) is 23.0 Å². The van der Waals surface area contributed by atoms with Crippen molar-refractivity contribution < 1.29 is 25.2 Å². The molecule has 146 valence electrons. The van der Waals surface area contributed by atoms with E-state index in [0.29, 0.717) is 4.69 Å². The van der Waals surface area contributed by atoms with Crippen molar-refractivity contribution in [3.05, 3.63) is 47.7 Å². The average Bonchev–Trinajstić information content (AvgIpc) is 3.07. The molecule has 1 amide bonds. The molecule has 0 fully saturated rings. The number of hydrogen-bond acceptors (Lipinski definition) is 6. The molecule has 1 heterocycles. The van der Waals surface area contributed by atoms with Crippen LogP contribution in [0.2, 0.25) is 0 Å². The third-order valence-corrected chi connectivity index (χ3v) is 6.37. The summed E-state index contributed by atoms with van der Waals surface area (Å²) in [5, 5.41) is 40.9. The summed E-state index contributed by atoms with van der Waals surface area (Å²) < 4.78 is 1.58. The number of anilines is 1. The molecule has 2 aromatic carbocycles. The van der Waals surface area contributed by atoms with Gasteiger partial charge in [-0.2, -0.15) is 0 Å². The van der Waals surface area contributed by atoms with Crippen LogP contribution in [0.3, 0.4) is 0 Å². The summed E-state index contributed by atoms with van der Waals surface area (Å²) in [6.45, 7) is 2.09. The molecule has 0 aliphatic rings. The van der Waals surface area contributed by atoms with Crippen LogP contribution < -0.4 is 5.32 Å². The van der Waals surface area contributed by atoms with E-state index < -0.39 is 23.2 Å². The fourth-order valence-electron chi connectivity index (χ4n) is 2.66. The summed E-state index contributed by atoms with van der Waals surface area (Å²) in [4.78, 5) is 17.1. The van der Waals surface area contributed by atoms with Crippen molar-refractivity contribution in [2.45, 2.75) is 26.2 Å². The van der Waals surface area contributed by atoms with Crippen molar-refractivity contribution in [2.75, 3.05) is 5.32 Å². The molecule has 3 aromatic rings. The summed E-state index contributed by atoms with van der Waals surface area (Å²) >= 11 is -0.239. The SMILES string of the molecule is CCCCc1nc(NC(=O)c2cc(O)c(O)c(O)c2)[se]c1-c1ccc(O)cc1. The molecule has 0 unspecified atom stereocenters. The second-order valence-corrected chi connectivity index (χ2v) is 8.36. The number of aromatic nitrogens is 1. The van der Waals surface area contributed by atoms with E-state index in [1.54, 1.807) is 12.1 Å². The van der Waals surface area contributed by atoms with E-state index in [4.69, 9.17) is 0 Å². The van der Waals surface area contributed by atoms with E-state index in [0.717, 1.165) is 47.1 Å². The van der Waals surface area contributed by atoms with Gasteiger partial charge in [0.15, 0.2) is 0 Å². The first-order valence-electron chi connectivity index (χ1n) is 8.74. The van der Waals surface area contributed by atoms with Gasteiger partial charge in [0.05, 0.1) is 0 Å². The van der Waals surface area contributed by atoms with Crippen molar-refractivity contribution in [1.29, 1.82) is 0 Å².